The molecule has 3 heterocycles. The number of hydrogen-bond donors (Lipinski definition) is 0. The van der Waals surface area contributed by atoms with Gasteiger partial charge < -0.3 is 9.13 Å². The predicted molar refractivity (Wildman–Crippen MR) is 178 cm³/mol. The van der Waals surface area contributed by atoms with Gasteiger partial charge in [-0.2, -0.15) is 0 Å². The molecule has 0 fully saturated rings. The van der Waals surface area contributed by atoms with Gasteiger partial charge in [-0.15, -0.1) is 0 Å². The topological polar surface area (TPSA) is 27.7 Å². The largest absolute Gasteiger partial charge is 0.316 e. The van der Waals surface area contributed by atoms with Crippen LogP contribution in [0.25, 0.3) is 72.2 Å². The van der Waals surface area contributed by atoms with Crippen LogP contribution < -0.4 is 0 Å². The highest BCUT2D eigenvalue weighted by atomic mass is 15.1. The summed E-state index contributed by atoms with van der Waals surface area (Å²) in [5, 5.41) is 3.76. The second-order valence-electron chi connectivity index (χ2n) is 10.9. The minimum atomic E-state index is 0.936. The molecule has 0 radical (unpaired) electrons. The zero-order chi connectivity index (χ0) is 28.3. The third-order valence-corrected chi connectivity index (χ3v) is 8.50. The molecule has 43 heavy (non-hydrogen) atoms. The molecule has 202 valence electrons. The minimum absolute atomic E-state index is 0.936. The fraction of sp³-hybridized carbons (Fsp3) is 0. The van der Waals surface area contributed by atoms with Crippen molar-refractivity contribution in [1.29, 1.82) is 0 Å². The zero-order valence-electron chi connectivity index (χ0n) is 23.3. The molecule has 0 atom stereocenters. The van der Waals surface area contributed by atoms with E-state index < -0.39 is 0 Å². The highest BCUT2D eigenvalue weighted by molar-refractivity contribution is 6.18. The molecule has 4 nitrogen and oxygen atoms in total. The Morgan fingerprint density at radius 3 is 1.81 bits per heavy atom. The minimum Gasteiger partial charge on any atom is -0.316 e. The SMILES string of the molecule is c1ccc(-n2c(-c3ccc(-n4ccc5c4ccc4c6ccccc6n(-c6ccccc6)c45)cc3)nc3ccccc32)cc1. The number of benzene rings is 6. The third kappa shape index (κ3) is 3.60. The summed E-state index contributed by atoms with van der Waals surface area (Å²) in [7, 11) is 0. The van der Waals surface area contributed by atoms with Gasteiger partial charge in [-0.3, -0.25) is 4.57 Å². The van der Waals surface area contributed by atoms with Gasteiger partial charge in [-0.1, -0.05) is 72.8 Å². The van der Waals surface area contributed by atoms with E-state index in [2.05, 4.69) is 159 Å². The molecule has 0 aliphatic carbocycles. The summed E-state index contributed by atoms with van der Waals surface area (Å²) in [6.45, 7) is 0. The van der Waals surface area contributed by atoms with Crippen molar-refractivity contribution < 1.29 is 0 Å². The molecule has 0 aliphatic rings. The lowest BCUT2D eigenvalue weighted by Gasteiger charge is -2.11. The number of rotatable bonds is 4. The highest BCUT2D eigenvalue weighted by Gasteiger charge is 2.18. The molecule has 0 N–H and O–H groups in total. The Morgan fingerprint density at radius 1 is 0.395 bits per heavy atom. The Morgan fingerprint density at radius 2 is 1.05 bits per heavy atom. The Balaban J connectivity index is 1.20. The van der Waals surface area contributed by atoms with Crippen molar-refractivity contribution in [1.82, 2.24) is 18.7 Å². The molecule has 9 rings (SSSR count). The molecular weight excluding hydrogens is 524 g/mol. The lowest BCUT2D eigenvalue weighted by Crippen LogP contribution is -1.98. The van der Waals surface area contributed by atoms with Crippen molar-refractivity contribution in [2.24, 2.45) is 0 Å². The van der Waals surface area contributed by atoms with Crippen molar-refractivity contribution in [3.05, 3.63) is 158 Å². The molecule has 0 aliphatic heterocycles. The summed E-state index contributed by atoms with van der Waals surface area (Å²) in [6.07, 6.45) is 2.19. The summed E-state index contributed by atoms with van der Waals surface area (Å²) in [5.74, 6) is 0.936. The van der Waals surface area contributed by atoms with Gasteiger partial charge in [0.25, 0.3) is 0 Å². The van der Waals surface area contributed by atoms with E-state index in [1.165, 1.54) is 38.4 Å². The first-order chi connectivity index (χ1) is 21.3. The Labute approximate surface area is 248 Å². The van der Waals surface area contributed by atoms with Crippen molar-refractivity contribution in [3.63, 3.8) is 0 Å². The standard InChI is InChI=1S/C39H26N4/c1-3-11-29(12-4-1)42-36-17-9-7-15-31(36)32-23-24-35-33(38(32)42)25-26-41(35)28-21-19-27(20-22-28)39-40-34-16-8-10-18-37(34)43(39)30-13-5-2-6-14-30/h1-26H. The van der Waals surface area contributed by atoms with Crippen molar-refractivity contribution in [2.75, 3.05) is 0 Å². The maximum Gasteiger partial charge on any atom is 0.145 e. The fourth-order valence-corrected chi connectivity index (χ4v) is 6.58. The molecule has 0 saturated carbocycles. The average molecular weight is 551 g/mol. The van der Waals surface area contributed by atoms with Crippen molar-refractivity contribution in [3.8, 4) is 28.5 Å². The van der Waals surface area contributed by atoms with E-state index in [1.54, 1.807) is 0 Å². The van der Waals surface area contributed by atoms with Crippen LogP contribution in [-0.2, 0) is 0 Å². The summed E-state index contributed by atoms with van der Waals surface area (Å²) in [5.41, 5.74) is 10.2. The summed E-state index contributed by atoms with van der Waals surface area (Å²) >= 11 is 0. The van der Waals surface area contributed by atoms with Crippen LogP contribution in [-0.4, -0.2) is 18.7 Å². The van der Waals surface area contributed by atoms with Gasteiger partial charge in [0.2, 0.25) is 0 Å². The van der Waals surface area contributed by atoms with E-state index in [9.17, 15) is 0 Å². The quantitative estimate of drug-likeness (QED) is 0.214. The number of aromatic nitrogens is 4. The van der Waals surface area contributed by atoms with Crippen LogP contribution >= 0.6 is 0 Å². The summed E-state index contributed by atoms with van der Waals surface area (Å²) < 4.78 is 6.93. The third-order valence-electron chi connectivity index (χ3n) is 8.50. The number of para-hydroxylation sites is 5. The number of imidazole rings is 1. The lowest BCUT2D eigenvalue weighted by atomic mass is 10.1. The van der Waals surface area contributed by atoms with Gasteiger partial charge in [0.05, 0.1) is 27.6 Å². The smallest absolute Gasteiger partial charge is 0.145 e. The van der Waals surface area contributed by atoms with Gasteiger partial charge in [-0.05, 0) is 78.9 Å². The normalized spacial score (nSPS) is 11.7. The monoisotopic (exact) mass is 550 g/mol. The van der Waals surface area contributed by atoms with Gasteiger partial charge in [0, 0.05) is 45.0 Å². The molecule has 0 bridgehead atoms. The predicted octanol–water partition coefficient (Wildman–Crippen LogP) is 9.73. The number of nitrogens with zero attached hydrogens (tertiary/aromatic N) is 4. The maximum absolute atomic E-state index is 5.05. The van der Waals surface area contributed by atoms with Crippen molar-refractivity contribution in [2.45, 2.75) is 0 Å². The summed E-state index contributed by atoms with van der Waals surface area (Å²) in [6, 6.07) is 53.6. The molecule has 3 aromatic heterocycles. The fourth-order valence-electron chi connectivity index (χ4n) is 6.58. The number of fused-ring (bicyclic) bond motifs is 6. The zero-order valence-corrected chi connectivity index (χ0v) is 23.3. The van der Waals surface area contributed by atoms with Crippen LogP contribution in [0.15, 0.2) is 158 Å². The van der Waals surface area contributed by atoms with Crippen LogP contribution in [0.2, 0.25) is 0 Å². The molecule has 0 amide bonds. The van der Waals surface area contributed by atoms with Gasteiger partial charge in [-0.25, -0.2) is 4.98 Å². The van der Waals surface area contributed by atoms with Gasteiger partial charge >= 0.3 is 0 Å². The van der Waals surface area contributed by atoms with E-state index in [4.69, 9.17) is 4.98 Å². The van der Waals surface area contributed by atoms with Crippen LogP contribution in [0.1, 0.15) is 0 Å². The molecule has 9 aromatic rings. The van der Waals surface area contributed by atoms with Crippen LogP contribution in [0, 0.1) is 0 Å². The lowest BCUT2D eigenvalue weighted by molar-refractivity contribution is 1.10. The highest BCUT2D eigenvalue weighted by Crippen LogP contribution is 2.38. The van der Waals surface area contributed by atoms with Gasteiger partial charge in [0.1, 0.15) is 5.82 Å². The Hall–Kier alpha value is -5.87. The van der Waals surface area contributed by atoms with Crippen LogP contribution in [0.5, 0.6) is 0 Å². The molecule has 6 aromatic carbocycles. The van der Waals surface area contributed by atoms with Crippen LogP contribution in [0.3, 0.4) is 0 Å². The maximum atomic E-state index is 5.05. The first kappa shape index (κ1) is 23.8. The molecule has 0 spiro atoms. The summed E-state index contributed by atoms with van der Waals surface area (Å²) in [4.78, 5) is 5.05. The number of hydrogen-bond acceptors (Lipinski definition) is 1. The van der Waals surface area contributed by atoms with E-state index >= 15 is 0 Å². The van der Waals surface area contributed by atoms with Crippen molar-refractivity contribution >= 4 is 43.7 Å². The molecular formula is C39H26N4. The first-order valence-electron chi connectivity index (χ1n) is 14.6. The second kappa shape index (κ2) is 9.33. The van der Waals surface area contributed by atoms with E-state index in [1.807, 2.05) is 12.1 Å². The Kier molecular flexibility index (Phi) is 5.16. The van der Waals surface area contributed by atoms with E-state index in [0.717, 1.165) is 33.8 Å². The van der Waals surface area contributed by atoms with Gasteiger partial charge in [0.15, 0.2) is 0 Å². The molecule has 4 heteroatoms. The van der Waals surface area contributed by atoms with E-state index in [-0.39, 0.29) is 0 Å². The average Bonchev–Trinajstić information content (AvgIpc) is 3.78. The van der Waals surface area contributed by atoms with E-state index in [0.29, 0.717) is 0 Å². The first-order valence-corrected chi connectivity index (χ1v) is 14.6. The Bertz CT molecular complexity index is 2430. The van der Waals surface area contributed by atoms with Crippen LogP contribution in [0.4, 0.5) is 0 Å². The molecule has 0 unspecified atom stereocenters. The second-order valence-corrected chi connectivity index (χ2v) is 10.9. The molecule has 0 saturated heterocycles.